The van der Waals surface area contributed by atoms with Crippen molar-refractivity contribution in [2.75, 3.05) is 12.4 Å². The zero-order chi connectivity index (χ0) is 19.6. The zero-order valence-corrected chi connectivity index (χ0v) is 17.3. The number of ether oxygens (including phenoxy) is 1. The third-order valence-electron chi connectivity index (χ3n) is 4.52. The number of nitrogens with one attached hydrogen (secondary N) is 1. The Morgan fingerprint density at radius 1 is 1.44 bits per heavy atom. The van der Waals surface area contributed by atoms with Crippen LogP contribution in [0.15, 0.2) is 18.2 Å². The Labute approximate surface area is 172 Å². The summed E-state index contributed by atoms with van der Waals surface area (Å²) in [4.78, 5) is 13.6. The molecule has 1 unspecified atom stereocenters. The monoisotopic (exact) mass is 420 g/mol. The number of benzene rings is 1. The lowest BCUT2D eigenvalue weighted by Gasteiger charge is -2.17. The number of thiophene rings is 1. The van der Waals surface area contributed by atoms with E-state index in [1.807, 2.05) is 0 Å². The Balaban J connectivity index is 1.81. The fraction of sp³-hybridized carbons (Fsp3) is 0.300. The molecule has 1 aliphatic rings. The Morgan fingerprint density at radius 3 is 2.93 bits per heavy atom. The van der Waals surface area contributed by atoms with Gasteiger partial charge in [-0.25, -0.2) is 0 Å². The van der Waals surface area contributed by atoms with Gasteiger partial charge in [-0.1, -0.05) is 30.1 Å². The molecule has 0 radical (unpaired) electrons. The molecule has 3 rings (SSSR count). The van der Waals surface area contributed by atoms with Gasteiger partial charge in [-0.05, 0) is 49.0 Å². The van der Waals surface area contributed by atoms with Crippen LogP contribution < -0.4 is 10.1 Å². The number of nitriles is 1. The quantitative estimate of drug-likeness (QED) is 0.643. The van der Waals surface area contributed by atoms with Crippen molar-refractivity contribution in [3.63, 3.8) is 0 Å². The highest BCUT2D eigenvalue weighted by atomic mass is 35.5. The van der Waals surface area contributed by atoms with E-state index in [1.54, 1.807) is 18.2 Å². The van der Waals surface area contributed by atoms with E-state index in [9.17, 15) is 10.1 Å². The van der Waals surface area contributed by atoms with E-state index in [1.165, 1.54) is 29.4 Å². The van der Waals surface area contributed by atoms with Crippen molar-refractivity contribution in [3.8, 4) is 11.8 Å². The first-order chi connectivity index (χ1) is 12.9. The topological polar surface area (TPSA) is 62.1 Å². The third-order valence-corrected chi connectivity index (χ3v) is 6.18. The summed E-state index contributed by atoms with van der Waals surface area (Å²) in [7, 11) is 1.50. The molecule has 1 atom stereocenters. The highest BCUT2D eigenvalue weighted by molar-refractivity contribution is 7.16. The molecule has 0 spiro atoms. The highest BCUT2D eigenvalue weighted by Crippen LogP contribution is 2.39. The van der Waals surface area contributed by atoms with Crippen molar-refractivity contribution < 1.29 is 9.53 Å². The lowest BCUT2D eigenvalue weighted by molar-refractivity contribution is -0.111. The molecule has 4 nitrogen and oxygen atoms in total. The van der Waals surface area contributed by atoms with Gasteiger partial charge in [0.1, 0.15) is 16.8 Å². The van der Waals surface area contributed by atoms with E-state index in [0.29, 0.717) is 37.8 Å². The summed E-state index contributed by atoms with van der Waals surface area (Å²) in [5.41, 5.74) is 2.28. The van der Waals surface area contributed by atoms with Crippen molar-refractivity contribution in [3.05, 3.63) is 49.8 Å². The number of rotatable bonds is 4. The highest BCUT2D eigenvalue weighted by Gasteiger charge is 2.24. The molecule has 140 valence electrons. The Hall–Kier alpha value is -2.00. The normalized spacial score (nSPS) is 16.0. The maximum absolute atomic E-state index is 12.4. The number of fused-ring (bicyclic) bond motifs is 1. The minimum atomic E-state index is -0.323. The minimum Gasteiger partial charge on any atom is -0.495 e. The molecule has 0 fully saturated rings. The van der Waals surface area contributed by atoms with Crippen LogP contribution in [0.5, 0.6) is 5.75 Å². The predicted octanol–water partition coefficient (Wildman–Crippen LogP) is 5.71. The molecule has 2 aromatic rings. The van der Waals surface area contributed by atoms with E-state index in [2.05, 4.69) is 18.3 Å². The standard InChI is InChI=1S/C20H18Cl2N2O2S/c1-11-3-5-14-15(10-23)20(27-17(14)7-11)24-18(25)6-4-12-8-13(21)9-16(22)19(12)26-2/h4,6,8-9,11H,3,5,7H2,1-2H3,(H,24,25)/b6-4+. The fourth-order valence-corrected chi connectivity index (χ4v) is 5.15. The maximum atomic E-state index is 12.4. The number of amides is 1. The first-order valence-electron chi connectivity index (χ1n) is 8.49. The molecule has 1 aromatic heterocycles. The molecular formula is C20H18Cl2N2O2S. The molecule has 1 aliphatic carbocycles. The minimum absolute atomic E-state index is 0.323. The van der Waals surface area contributed by atoms with Crippen LogP contribution in [0.2, 0.25) is 10.0 Å². The van der Waals surface area contributed by atoms with E-state index >= 15 is 0 Å². The SMILES string of the molecule is COc1c(Cl)cc(Cl)cc1/C=C/C(=O)Nc1sc2c(c1C#N)CCC(C)C2. The van der Waals surface area contributed by atoms with Gasteiger partial charge in [0, 0.05) is 21.5 Å². The number of anilines is 1. The molecule has 0 saturated carbocycles. The first kappa shape index (κ1) is 19.8. The summed E-state index contributed by atoms with van der Waals surface area (Å²) >= 11 is 13.6. The number of hydrogen-bond donors (Lipinski definition) is 1. The Kier molecular flexibility index (Phi) is 6.11. The maximum Gasteiger partial charge on any atom is 0.249 e. The average molecular weight is 421 g/mol. The van der Waals surface area contributed by atoms with Gasteiger partial charge in [0.25, 0.3) is 0 Å². The van der Waals surface area contributed by atoms with Crippen LogP contribution in [-0.4, -0.2) is 13.0 Å². The van der Waals surface area contributed by atoms with E-state index in [0.717, 1.165) is 24.8 Å². The first-order valence-corrected chi connectivity index (χ1v) is 10.1. The smallest absolute Gasteiger partial charge is 0.249 e. The molecular weight excluding hydrogens is 403 g/mol. The Bertz CT molecular complexity index is 960. The van der Waals surface area contributed by atoms with Gasteiger partial charge >= 0.3 is 0 Å². The van der Waals surface area contributed by atoms with Crippen LogP contribution in [-0.2, 0) is 17.6 Å². The van der Waals surface area contributed by atoms with Crippen molar-refractivity contribution in [2.24, 2.45) is 5.92 Å². The van der Waals surface area contributed by atoms with E-state index < -0.39 is 0 Å². The van der Waals surface area contributed by atoms with Crippen LogP contribution in [0.1, 0.15) is 34.9 Å². The zero-order valence-electron chi connectivity index (χ0n) is 14.9. The summed E-state index contributed by atoms with van der Waals surface area (Å²) < 4.78 is 5.27. The second-order valence-electron chi connectivity index (χ2n) is 6.50. The number of hydrogen-bond acceptors (Lipinski definition) is 4. The number of methoxy groups -OCH3 is 1. The number of nitrogens with zero attached hydrogens (tertiary/aromatic N) is 1. The number of carbonyl (C=O) groups excluding carboxylic acids is 1. The van der Waals surface area contributed by atoms with Crippen molar-refractivity contribution in [1.29, 1.82) is 5.26 Å². The largest absolute Gasteiger partial charge is 0.495 e. The fourth-order valence-electron chi connectivity index (χ4n) is 3.20. The van der Waals surface area contributed by atoms with Crippen LogP contribution in [0.3, 0.4) is 0 Å². The van der Waals surface area contributed by atoms with Crippen LogP contribution >= 0.6 is 34.5 Å². The molecule has 1 aromatic carbocycles. The van der Waals surface area contributed by atoms with Gasteiger partial charge in [0.05, 0.1) is 17.7 Å². The van der Waals surface area contributed by atoms with Gasteiger partial charge in [-0.15, -0.1) is 11.3 Å². The lowest BCUT2D eigenvalue weighted by atomic mass is 9.89. The summed E-state index contributed by atoms with van der Waals surface area (Å²) in [5.74, 6) is 0.728. The molecule has 27 heavy (non-hydrogen) atoms. The van der Waals surface area contributed by atoms with Gasteiger partial charge in [-0.3, -0.25) is 4.79 Å². The molecule has 0 aliphatic heterocycles. The predicted molar refractivity (Wildman–Crippen MR) is 111 cm³/mol. The summed E-state index contributed by atoms with van der Waals surface area (Å²) in [6, 6.07) is 5.50. The summed E-state index contributed by atoms with van der Waals surface area (Å²) in [6.07, 6.45) is 5.89. The van der Waals surface area contributed by atoms with E-state index in [-0.39, 0.29) is 5.91 Å². The summed E-state index contributed by atoms with van der Waals surface area (Å²) in [6.45, 7) is 2.21. The third kappa shape index (κ3) is 4.30. The van der Waals surface area contributed by atoms with Crippen LogP contribution in [0.25, 0.3) is 6.08 Å². The molecule has 0 bridgehead atoms. The average Bonchev–Trinajstić information content (AvgIpc) is 2.95. The summed E-state index contributed by atoms with van der Waals surface area (Å²) in [5, 5.41) is 13.8. The van der Waals surface area contributed by atoms with Gasteiger partial charge in [0.2, 0.25) is 5.91 Å². The van der Waals surface area contributed by atoms with Crippen LogP contribution in [0.4, 0.5) is 5.00 Å². The number of halogens is 2. The molecule has 1 heterocycles. The van der Waals surface area contributed by atoms with Crippen molar-refractivity contribution >= 4 is 51.5 Å². The molecule has 1 amide bonds. The lowest BCUT2D eigenvalue weighted by Crippen LogP contribution is -2.10. The molecule has 0 saturated heterocycles. The van der Waals surface area contributed by atoms with Gasteiger partial charge in [0.15, 0.2) is 0 Å². The van der Waals surface area contributed by atoms with Crippen molar-refractivity contribution in [1.82, 2.24) is 0 Å². The molecule has 1 N–H and O–H groups in total. The Morgan fingerprint density at radius 2 is 2.22 bits per heavy atom. The van der Waals surface area contributed by atoms with E-state index in [4.69, 9.17) is 27.9 Å². The molecule has 7 heteroatoms. The van der Waals surface area contributed by atoms with Gasteiger partial charge in [-0.2, -0.15) is 5.26 Å². The van der Waals surface area contributed by atoms with Crippen molar-refractivity contribution in [2.45, 2.75) is 26.2 Å². The van der Waals surface area contributed by atoms with Gasteiger partial charge < -0.3 is 10.1 Å². The number of carbonyl (C=O) groups is 1. The second kappa shape index (κ2) is 8.35. The second-order valence-corrected chi connectivity index (χ2v) is 8.45. The van der Waals surface area contributed by atoms with Crippen LogP contribution in [0, 0.1) is 17.2 Å².